The van der Waals surface area contributed by atoms with Gasteiger partial charge in [-0.25, -0.2) is 4.39 Å². The second-order valence-electron chi connectivity index (χ2n) is 4.06. The van der Waals surface area contributed by atoms with Crippen LogP contribution in [0.15, 0.2) is 42.5 Å². The number of rotatable bonds is 3. The molecule has 0 fully saturated rings. The lowest BCUT2D eigenvalue weighted by atomic mass is 10.1. The summed E-state index contributed by atoms with van der Waals surface area (Å²) in [6, 6.07) is 12.6. The molecule has 0 spiro atoms. The summed E-state index contributed by atoms with van der Waals surface area (Å²) in [5, 5.41) is 11.4. The van der Waals surface area contributed by atoms with Crippen molar-refractivity contribution in [1.29, 1.82) is 5.26 Å². The molecule has 2 aromatic carbocycles. The first-order chi connectivity index (χ1) is 9.65. The van der Waals surface area contributed by atoms with Crippen molar-refractivity contribution in [1.82, 2.24) is 0 Å². The van der Waals surface area contributed by atoms with E-state index in [1.165, 1.54) is 18.2 Å². The average molecular weight is 289 g/mol. The third kappa shape index (κ3) is 2.95. The van der Waals surface area contributed by atoms with Crippen molar-refractivity contribution in [2.45, 2.75) is 5.88 Å². The number of carbonyl (C=O) groups is 1. The van der Waals surface area contributed by atoms with E-state index >= 15 is 0 Å². The van der Waals surface area contributed by atoms with Gasteiger partial charge in [0.15, 0.2) is 0 Å². The number of halogens is 2. The highest BCUT2D eigenvalue weighted by Crippen LogP contribution is 2.19. The summed E-state index contributed by atoms with van der Waals surface area (Å²) in [6.45, 7) is 0. The van der Waals surface area contributed by atoms with Gasteiger partial charge in [-0.1, -0.05) is 18.2 Å². The fourth-order valence-electron chi connectivity index (χ4n) is 1.73. The highest BCUT2D eigenvalue weighted by molar-refractivity contribution is 6.17. The molecule has 0 atom stereocenters. The summed E-state index contributed by atoms with van der Waals surface area (Å²) in [6.07, 6.45) is 0. The molecule has 0 saturated carbocycles. The minimum absolute atomic E-state index is 0.147. The van der Waals surface area contributed by atoms with E-state index in [1.54, 1.807) is 30.3 Å². The molecule has 2 aromatic rings. The van der Waals surface area contributed by atoms with Crippen LogP contribution in [0.4, 0.5) is 10.1 Å². The summed E-state index contributed by atoms with van der Waals surface area (Å²) in [5.74, 6) is -0.788. The molecule has 0 aliphatic heterocycles. The predicted molar refractivity (Wildman–Crippen MR) is 75.1 cm³/mol. The van der Waals surface area contributed by atoms with Gasteiger partial charge < -0.3 is 5.32 Å². The number of carbonyl (C=O) groups excluding carboxylic acids is 1. The van der Waals surface area contributed by atoms with Crippen LogP contribution in [-0.4, -0.2) is 5.91 Å². The van der Waals surface area contributed by atoms with E-state index < -0.39 is 11.7 Å². The van der Waals surface area contributed by atoms with Gasteiger partial charge in [0.05, 0.1) is 5.69 Å². The molecule has 0 bridgehead atoms. The van der Waals surface area contributed by atoms with Crippen LogP contribution in [0.3, 0.4) is 0 Å². The van der Waals surface area contributed by atoms with Crippen LogP contribution in [0.1, 0.15) is 21.5 Å². The number of nitriles is 1. The van der Waals surface area contributed by atoms with Crippen LogP contribution in [0.5, 0.6) is 0 Å². The zero-order valence-corrected chi connectivity index (χ0v) is 11.1. The van der Waals surface area contributed by atoms with Gasteiger partial charge >= 0.3 is 0 Å². The molecule has 100 valence electrons. The van der Waals surface area contributed by atoms with E-state index in [0.29, 0.717) is 11.4 Å². The Balaban J connectivity index is 2.28. The summed E-state index contributed by atoms with van der Waals surface area (Å²) in [4.78, 5) is 12.1. The molecule has 3 nitrogen and oxygen atoms in total. The molecule has 5 heteroatoms. The predicted octanol–water partition coefficient (Wildman–Crippen LogP) is 3.69. The maximum Gasteiger partial charge on any atom is 0.255 e. The van der Waals surface area contributed by atoms with E-state index in [9.17, 15) is 9.18 Å². The van der Waals surface area contributed by atoms with Crippen LogP contribution < -0.4 is 5.32 Å². The van der Waals surface area contributed by atoms with E-state index in [0.717, 1.165) is 5.56 Å². The highest BCUT2D eigenvalue weighted by atomic mass is 35.5. The smallest absolute Gasteiger partial charge is 0.255 e. The van der Waals surface area contributed by atoms with E-state index in [1.807, 2.05) is 0 Å². The number of alkyl halides is 1. The standard InChI is InChI=1S/C15H10ClFN2O/c16-8-10-3-1-4-11(7-10)15(20)19-14-6-2-5-13(17)12(14)9-18/h1-7H,8H2,(H,19,20). The summed E-state index contributed by atoms with van der Waals surface area (Å²) < 4.78 is 13.4. The van der Waals surface area contributed by atoms with Gasteiger partial charge in [0, 0.05) is 11.4 Å². The quantitative estimate of drug-likeness (QED) is 0.876. The Morgan fingerprint density at radius 3 is 2.75 bits per heavy atom. The number of nitrogens with one attached hydrogen (secondary N) is 1. The lowest BCUT2D eigenvalue weighted by molar-refractivity contribution is 0.102. The molecule has 0 unspecified atom stereocenters. The van der Waals surface area contributed by atoms with Crippen molar-refractivity contribution in [3.8, 4) is 6.07 Å². The summed E-state index contributed by atoms with van der Waals surface area (Å²) in [5.41, 5.74) is 1.17. The Hall–Kier alpha value is -2.38. The van der Waals surface area contributed by atoms with Crippen molar-refractivity contribution in [3.05, 3.63) is 65.0 Å². The zero-order valence-electron chi connectivity index (χ0n) is 10.4. The molecular formula is C15H10ClFN2O. The second kappa shape index (κ2) is 6.18. The topological polar surface area (TPSA) is 52.9 Å². The third-order valence-corrected chi connectivity index (χ3v) is 3.03. The molecule has 1 N–H and O–H groups in total. The minimum atomic E-state index is -0.667. The van der Waals surface area contributed by atoms with Crippen molar-refractivity contribution in [2.75, 3.05) is 5.32 Å². The number of hydrogen-bond donors (Lipinski definition) is 1. The molecular weight excluding hydrogens is 279 g/mol. The number of anilines is 1. The molecule has 0 heterocycles. The molecule has 0 aliphatic carbocycles. The van der Waals surface area contributed by atoms with Crippen LogP contribution in [0, 0.1) is 17.1 Å². The number of nitrogens with zero attached hydrogens (tertiary/aromatic N) is 1. The van der Waals surface area contributed by atoms with E-state index in [2.05, 4.69) is 5.32 Å². The van der Waals surface area contributed by atoms with Gasteiger partial charge in [-0.3, -0.25) is 4.79 Å². The normalized spacial score (nSPS) is 9.85. The zero-order chi connectivity index (χ0) is 14.5. The first kappa shape index (κ1) is 14.0. The van der Waals surface area contributed by atoms with Gasteiger partial charge in [-0.15, -0.1) is 11.6 Å². The van der Waals surface area contributed by atoms with Crippen LogP contribution in [-0.2, 0) is 5.88 Å². The first-order valence-electron chi connectivity index (χ1n) is 5.80. The molecule has 20 heavy (non-hydrogen) atoms. The highest BCUT2D eigenvalue weighted by Gasteiger charge is 2.12. The van der Waals surface area contributed by atoms with Crippen molar-refractivity contribution >= 4 is 23.2 Å². The molecule has 0 saturated heterocycles. The monoisotopic (exact) mass is 288 g/mol. The molecule has 0 radical (unpaired) electrons. The third-order valence-electron chi connectivity index (χ3n) is 2.72. The Kier molecular flexibility index (Phi) is 4.34. The van der Waals surface area contributed by atoms with Crippen LogP contribution in [0.2, 0.25) is 0 Å². The van der Waals surface area contributed by atoms with Crippen molar-refractivity contribution in [3.63, 3.8) is 0 Å². The minimum Gasteiger partial charge on any atom is -0.321 e. The van der Waals surface area contributed by atoms with Gasteiger partial charge in [-0.2, -0.15) is 5.26 Å². The van der Waals surface area contributed by atoms with Gasteiger partial charge in [-0.05, 0) is 29.8 Å². The molecule has 0 aromatic heterocycles. The SMILES string of the molecule is N#Cc1c(F)cccc1NC(=O)c1cccc(CCl)c1. The number of hydrogen-bond acceptors (Lipinski definition) is 2. The second-order valence-corrected chi connectivity index (χ2v) is 4.33. The maximum atomic E-state index is 13.4. The number of benzene rings is 2. The van der Waals surface area contributed by atoms with Crippen molar-refractivity contribution < 1.29 is 9.18 Å². The van der Waals surface area contributed by atoms with Gasteiger partial charge in [0.1, 0.15) is 17.4 Å². The van der Waals surface area contributed by atoms with Crippen molar-refractivity contribution in [2.24, 2.45) is 0 Å². The van der Waals surface area contributed by atoms with Crippen LogP contribution in [0.25, 0.3) is 0 Å². The summed E-state index contributed by atoms with van der Waals surface area (Å²) >= 11 is 5.71. The molecule has 0 aliphatic rings. The molecule has 2 rings (SSSR count). The summed E-state index contributed by atoms with van der Waals surface area (Å²) in [7, 11) is 0. The van der Waals surface area contributed by atoms with Gasteiger partial charge in [0.25, 0.3) is 5.91 Å². The van der Waals surface area contributed by atoms with E-state index in [-0.39, 0.29) is 11.3 Å². The average Bonchev–Trinajstić information content (AvgIpc) is 2.47. The van der Waals surface area contributed by atoms with E-state index in [4.69, 9.17) is 16.9 Å². The fraction of sp³-hybridized carbons (Fsp3) is 0.0667. The van der Waals surface area contributed by atoms with Crippen LogP contribution >= 0.6 is 11.6 Å². The maximum absolute atomic E-state index is 13.4. The molecule has 1 amide bonds. The number of amides is 1. The lowest BCUT2D eigenvalue weighted by Gasteiger charge is -2.08. The Bertz CT molecular complexity index is 695. The Morgan fingerprint density at radius 1 is 1.30 bits per heavy atom. The first-order valence-corrected chi connectivity index (χ1v) is 6.34. The fourth-order valence-corrected chi connectivity index (χ4v) is 1.90. The Labute approximate surface area is 120 Å². The van der Waals surface area contributed by atoms with Gasteiger partial charge in [0.2, 0.25) is 0 Å². The lowest BCUT2D eigenvalue weighted by Crippen LogP contribution is -2.13. The Morgan fingerprint density at radius 2 is 2.05 bits per heavy atom. The largest absolute Gasteiger partial charge is 0.321 e.